The number of nitrogens with one attached hydrogen (secondary N) is 1. The third kappa shape index (κ3) is 3.22. The number of carbonyl (C=O) groups excluding carboxylic acids is 1. The molecule has 0 aliphatic carbocycles. The number of furan rings is 1. The number of hydrogen-bond acceptors (Lipinski definition) is 7. The van der Waals surface area contributed by atoms with E-state index in [-0.39, 0.29) is 11.9 Å². The Labute approximate surface area is 170 Å². The first-order valence-electron chi connectivity index (χ1n) is 8.91. The third-order valence-electron chi connectivity index (χ3n) is 4.60. The van der Waals surface area contributed by atoms with Crippen LogP contribution in [-0.4, -0.2) is 20.9 Å². The van der Waals surface area contributed by atoms with Crippen LogP contribution >= 0.6 is 22.7 Å². The Morgan fingerprint density at radius 1 is 1.11 bits per heavy atom. The van der Waals surface area contributed by atoms with Gasteiger partial charge in [-0.05, 0) is 52.3 Å². The summed E-state index contributed by atoms with van der Waals surface area (Å²) in [7, 11) is 0. The molecule has 8 heteroatoms. The zero-order chi connectivity index (χ0) is 20.0. The van der Waals surface area contributed by atoms with Crippen molar-refractivity contribution in [1.29, 1.82) is 0 Å². The Morgan fingerprint density at radius 3 is 2.54 bits per heavy atom. The molecule has 28 heavy (non-hydrogen) atoms. The summed E-state index contributed by atoms with van der Waals surface area (Å²) < 4.78 is 5.42. The summed E-state index contributed by atoms with van der Waals surface area (Å²) in [6.07, 6.45) is 1.60. The molecule has 0 fully saturated rings. The first-order chi connectivity index (χ1) is 13.3. The SMILES string of the molecule is Cc1nc(C)c([C@@H](C)NC(=O)c2sc3nc(-c4ccco4)nc(C)c3c2C)s1. The second kappa shape index (κ2) is 7.10. The van der Waals surface area contributed by atoms with Crippen LogP contribution in [0.15, 0.2) is 22.8 Å². The molecule has 6 nitrogen and oxygen atoms in total. The van der Waals surface area contributed by atoms with Gasteiger partial charge >= 0.3 is 0 Å². The molecule has 4 rings (SSSR count). The molecule has 0 unspecified atom stereocenters. The van der Waals surface area contributed by atoms with Gasteiger partial charge in [0.2, 0.25) is 0 Å². The molecule has 144 valence electrons. The first-order valence-corrected chi connectivity index (χ1v) is 10.5. The van der Waals surface area contributed by atoms with E-state index in [0.29, 0.717) is 16.5 Å². The van der Waals surface area contributed by atoms with Crippen molar-refractivity contribution >= 4 is 38.8 Å². The van der Waals surface area contributed by atoms with Crippen molar-refractivity contribution in [2.75, 3.05) is 0 Å². The molecule has 1 N–H and O–H groups in total. The van der Waals surface area contributed by atoms with Gasteiger partial charge in [-0.1, -0.05) is 0 Å². The van der Waals surface area contributed by atoms with Gasteiger partial charge in [0, 0.05) is 10.3 Å². The summed E-state index contributed by atoms with van der Waals surface area (Å²) in [5.74, 6) is 1.05. The molecule has 4 heterocycles. The number of fused-ring (bicyclic) bond motifs is 1. The van der Waals surface area contributed by atoms with E-state index in [2.05, 4.69) is 20.3 Å². The van der Waals surface area contributed by atoms with E-state index >= 15 is 0 Å². The summed E-state index contributed by atoms with van der Waals surface area (Å²) in [6, 6.07) is 3.53. The molecule has 4 aromatic rings. The van der Waals surface area contributed by atoms with E-state index in [4.69, 9.17) is 4.42 Å². The number of thiazole rings is 1. The fraction of sp³-hybridized carbons (Fsp3) is 0.300. The minimum Gasteiger partial charge on any atom is -0.461 e. The van der Waals surface area contributed by atoms with Crippen LogP contribution in [0, 0.1) is 27.7 Å². The maximum atomic E-state index is 13.0. The molecule has 0 spiro atoms. The van der Waals surface area contributed by atoms with Crippen LogP contribution in [0.5, 0.6) is 0 Å². The second-order valence-corrected chi connectivity index (χ2v) is 8.96. The number of thiophene rings is 1. The number of hydrogen-bond donors (Lipinski definition) is 1. The maximum Gasteiger partial charge on any atom is 0.262 e. The Balaban J connectivity index is 1.68. The Hall–Kier alpha value is -2.58. The normalized spacial score (nSPS) is 12.5. The van der Waals surface area contributed by atoms with Crippen molar-refractivity contribution in [2.24, 2.45) is 0 Å². The van der Waals surface area contributed by atoms with Gasteiger partial charge in [0.15, 0.2) is 11.6 Å². The number of amides is 1. The van der Waals surface area contributed by atoms with Gasteiger partial charge in [-0.15, -0.1) is 22.7 Å². The summed E-state index contributed by atoms with van der Waals surface area (Å²) >= 11 is 3.00. The van der Waals surface area contributed by atoms with E-state index in [1.54, 1.807) is 23.7 Å². The van der Waals surface area contributed by atoms with E-state index in [0.717, 1.165) is 37.1 Å². The lowest BCUT2D eigenvalue weighted by molar-refractivity contribution is 0.0944. The van der Waals surface area contributed by atoms with E-state index in [1.165, 1.54) is 11.3 Å². The Kier molecular flexibility index (Phi) is 4.76. The lowest BCUT2D eigenvalue weighted by Crippen LogP contribution is -2.26. The molecule has 0 saturated carbocycles. The topological polar surface area (TPSA) is 80.9 Å². The van der Waals surface area contributed by atoms with Crippen molar-refractivity contribution < 1.29 is 9.21 Å². The zero-order valence-electron chi connectivity index (χ0n) is 16.3. The number of carbonyl (C=O) groups is 1. The molecule has 0 aliphatic heterocycles. The highest BCUT2D eigenvalue weighted by Gasteiger charge is 2.22. The monoisotopic (exact) mass is 412 g/mol. The minimum absolute atomic E-state index is 0.0996. The lowest BCUT2D eigenvalue weighted by Gasteiger charge is -2.12. The molecular weight excluding hydrogens is 392 g/mol. The number of aryl methyl sites for hydroxylation is 4. The standard InChI is InChI=1S/C20H20N4O2S2/c1-9-15-10(2)22-18(14-7-6-8-26-14)24-20(15)28-16(9)19(25)23-12(4)17-11(3)21-13(5)27-17/h6-8,12H,1-5H3,(H,23,25)/t12-/m1/s1. The first kappa shape index (κ1) is 18.8. The highest BCUT2D eigenvalue weighted by Crippen LogP contribution is 2.33. The van der Waals surface area contributed by atoms with Crippen LogP contribution in [0.25, 0.3) is 21.8 Å². The quantitative estimate of drug-likeness (QED) is 0.502. The molecule has 0 saturated heterocycles. The van der Waals surface area contributed by atoms with Gasteiger partial charge in [-0.25, -0.2) is 15.0 Å². The van der Waals surface area contributed by atoms with Gasteiger partial charge in [0.05, 0.1) is 33.6 Å². The van der Waals surface area contributed by atoms with Gasteiger partial charge in [-0.3, -0.25) is 4.79 Å². The van der Waals surface area contributed by atoms with Gasteiger partial charge in [-0.2, -0.15) is 0 Å². The van der Waals surface area contributed by atoms with Crippen molar-refractivity contribution in [3.63, 3.8) is 0 Å². The van der Waals surface area contributed by atoms with Crippen LogP contribution in [0.4, 0.5) is 0 Å². The molecule has 0 aliphatic rings. The summed E-state index contributed by atoms with van der Waals surface area (Å²) in [4.78, 5) is 29.2. The largest absolute Gasteiger partial charge is 0.461 e. The maximum absolute atomic E-state index is 13.0. The van der Waals surface area contributed by atoms with Gasteiger partial charge < -0.3 is 9.73 Å². The predicted molar refractivity (Wildman–Crippen MR) is 112 cm³/mol. The fourth-order valence-corrected chi connectivity index (χ4v) is 5.41. The van der Waals surface area contributed by atoms with E-state index in [1.807, 2.05) is 40.7 Å². The van der Waals surface area contributed by atoms with Crippen molar-refractivity contribution in [3.05, 3.63) is 50.1 Å². The summed E-state index contributed by atoms with van der Waals surface area (Å²) in [5.41, 5.74) is 2.71. The van der Waals surface area contributed by atoms with E-state index < -0.39 is 0 Å². The molecule has 1 atom stereocenters. The van der Waals surface area contributed by atoms with Crippen molar-refractivity contribution in [1.82, 2.24) is 20.3 Å². The average molecular weight is 413 g/mol. The van der Waals surface area contributed by atoms with Crippen LogP contribution in [0.1, 0.15) is 49.5 Å². The van der Waals surface area contributed by atoms with Crippen molar-refractivity contribution in [2.45, 2.75) is 40.7 Å². The Bertz CT molecular complexity index is 1170. The number of nitrogens with zero attached hydrogens (tertiary/aromatic N) is 3. The predicted octanol–water partition coefficient (Wildman–Crippen LogP) is 5.13. The van der Waals surface area contributed by atoms with Crippen LogP contribution in [0.3, 0.4) is 0 Å². The molecule has 0 bridgehead atoms. The molecular formula is C20H20N4O2S2. The molecule has 1 amide bonds. The second-order valence-electron chi connectivity index (χ2n) is 6.72. The van der Waals surface area contributed by atoms with Gasteiger partial charge in [0.25, 0.3) is 5.91 Å². The Morgan fingerprint density at radius 2 is 1.89 bits per heavy atom. The highest BCUT2D eigenvalue weighted by atomic mass is 32.1. The zero-order valence-corrected chi connectivity index (χ0v) is 17.9. The van der Waals surface area contributed by atoms with Crippen LogP contribution in [0.2, 0.25) is 0 Å². The summed E-state index contributed by atoms with van der Waals surface area (Å²) in [5, 5.41) is 5.04. The van der Waals surface area contributed by atoms with Gasteiger partial charge in [0.1, 0.15) is 4.83 Å². The third-order valence-corrected chi connectivity index (χ3v) is 7.04. The number of aromatic nitrogens is 3. The van der Waals surface area contributed by atoms with E-state index in [9.17, 15) is 4.79 Å². The van der Waals surface area contributed by atoms with Crippen LogP contribution < -0.4 is 5.32 Å². The summed E-state index contributed by atoms with van der Waals surface area (Å²) in [6.45, 7) is 9.82. The lowest BCUT2D eigenvalue weighted by atomic mass is 10.1. The molecule has 0 aromatic carbocycles. The smallest absolute Gasteiger partial charge is 0.262 e. The van der Waals surface area contributed by atoms with Crippen LogP contribution in [-0.2, 0) is 0 Å². The van der Waals surface area contributed by atoms with Crippen molar-refractivity contribution in [3.8, 4) is 11.6 Å². The highest BCUT2D eigenvalue weighted by molar-refractivity contribution is 7.20. The number of rotatable bonds is 4. The molecule has 4 aromatic heterocycles. The molecule has 0 radical (unpaired) electrons. The minimum atomic E-state index is -0.103. The fourth-order valence-electron chi connectivity index (χ4n) is 3.35. The average Bonchev–Trinajstić information content (AvgIpc) is 3.34.